The maximum atomic E-state index is 12.3. The van der Waals surface area contributed by atoms with Crippen LogP contribution in [0.15, 0.2) is 0 Å². The molecule has 1 atom stereocenters. The Labute approximate surface area is 96.7 Å². The Morgan fingerprint density at radius 3 is 2.29 bits per heavy atom. The highest BCUT2D eigenvalue weighted by molar-refractivity contribution is 7.85. The second-order valence-electron chi connectivity index (χ2n) is 3.37. The fraction of sp³-hybridized carbons (Fsp3) is 0.875. The molecular weight excluding hydrogens is 265 g/mol. The van der Waals surface area contributed by atoms with Gasteiger partial charge in [0.1, 0.15) is 5.75 Å². The SMILES string of the molecule is CCCCC(=O)OC(CS(=O)(=O)O)C(F)(F)F. The molecule has 0 rings (SSSR count). The lowest BCUT2D eigenvalue weighted by Gasteiger charge is -2.19. The van der Waals surface area contributed by atoms with Gasteiger partial charge < -0.3 is 4.74 Å². The zero-order valence-corrected chi connectivity index (χ0v) is 9.84. The van der Waals surface area contributed by atoms with Crippen LogP contribution in [-0.2, 0) is 19.6 Å². The Morgan fingerprint density at radius 1 is 1.41 bits per heavy atom. The summed E-state index contributed by atoms with van der Waals surface area (Å²) in [4.78, 5) is 10.9. The minimum Gasteiger partial charge on any atom is -0.451 e. The van der Waals surface area contributed by atoms with Gasteiger partial charge in [0, 0.05) is 6.42 Å². The molecule has 0 saturated carbocycles. The van der Waals surface area contributed by atoms with Gasteiger partial charge in [-0.05, 0) is 6.42 Å². The first-order valence-corrected chi connectivity index (χ1v) is 6.38. The van der Waals surface area contributed by atoms with E-state index in [1.807, 2.05) is 0 Å². The van der Waals surface area contributed by atoms with Crippen LogP contribution < -0.4 is 0 Å². The van der Waals surface area contributed by atoms with Crippen LogP contribution >= 0.6 is 0 Å². The minimum absolute atomic E-state index is 0.228. The first-order valence-electron chi connectivity index (χ1n) is 4.77. The van der Waals surface area contributed by atoms with Gasteiger partial charge in [0.15, 0.2) is 0 Å². The molecule has 0 radical (unpaired) electrons. The summed E-state index contributed by atoms with van der Waals surface area (Å²) in [7, 11) is -4.87. The predicted molar refractivity (Wildman–Crippen MR) is 51.9 cm³/mol. The first-order chi connectivity index (χ1) is 7.56. The molecule has 17 heavy (non-hydrogen) atoms. The molecule has 5 nitrogen and oxygen atoms in total. The van der Waals surface area contributed by atoms with Crippen LogP contribution in [0.5, 0.6) is 0 Å². The van der Waals surface area contributed by atoms with Gasteiger partial charge in [0.05, 0.1) is 0 Å². The van der Waals surface area contributed by atoms with Crippen molar-refractivity contribution in [1.82, 2.24) is 0 Å². The highest BCUT2D eigenvalue weighted by atomic mass is 32.2. The van der Waals surface area contributed by atoms with Crippen LogP contribution in [0.2, 0.25) is 0 Å². The molecule has 9 heteroatoms. The number of unbranched alkanes of at least 4 members (excludes halogenated alkanes) is 1. The maximum absolute atomic E-state index is 12.3. The van der Waals surface area contributed by atoms with Crippen molar-refractivity contribution in [3.63, 3.8) is 0 Å². The highest BCUT2D eigenvalue weighted by Crippen LogP contribution is 2.24. The van der Waals surface area contributed by atoms with Crippen LogP contribution in [-0.4, -0.2) is 37.0 Å². The highest BCUT2D eigenvalue weighted by Gasteiger charge is 2.45. The van der Waals surface area contributed by atoms with E-state index in [2.05, 4.69) is 4.74 Å². The smallest absolute Gasteiger partial charge is 0.426 e. The van der Waals surface area contributed by atoms with Gasteiger partial charge in [-0.25, -0.2) is 0 Å². The molecular formula is C8H13F3O5S. The lowest BCUT2D eigenvalue weighted by Crippen LogP contribution is -2.39. The molecule has 1 unspecified atom stereocenters. The zero-order chi connectivity index (χ0) is 13.7. The predicted octanol–water partition coefficient (Wildman–Crippen LogP) is 1.54. The summed E-state index contributed by atoms with van der Waals surface area (Å²) < 4.78 is 69.8. The summed E-state index contributed by atoms with van der Waals surface area (Å²) in [5.74, 6) is -2.83. The van der Waals surface area contributed by atoms with Crippen molar-refractivity contribution in [2.75, 3.05) is 5.75 Å². The van der Waals surface area contributed by atoms with Crippen LogP contribution in [0.4, 0.5) is 13.2 Å². The van der Waals surface area contributed by atoms with E-state index < -0.39 is 34.1 Å². The van der Waals surface area contributed by atoms with Crippen molar-refractivity contribution >= 4 is 16.1 Å². The molecule has 0 aromatic rings. The van der Waals surface area contributed by atoms with Crippen molar-refractivity contribution in [2.24, 2.45) is 0 Å². The third-order valence-electron chi connectivity index (χ3n) is 1.74. The molecule has 102 valence electrons. The number of rotatable bonds is 6. The van der Waals surface area contributed by atoms with E-state index in [1.165, 1.54) is 0 Å². The normalized spacial score (nSPS) is 14.4. The number of alkyl halides is 3. The number of halogens is 3. The van der Waals surface area contributed by atoms with Gasteiger partial charge in [-0.3, -0.25) is 9.35 Å². The maximum Gasteiger partial charge on any atom is 0.426 e. The largest absolute Gasteiger partial charge is 0.451 e. The summed E-state index contributed by atoms with van der Waals surface area (Å²) in [6.45, 7) is 1.73. The molecule has 0 amide bonds. The van der Waals surface area contributed by atoms with Crippen molar-refractivity contribution in [3.8, 4) is 0 Å². The van der Waals surface area contributed by atoms with Crippen LogP contribution in [0.1, 0.15) is 26.2 Å². The van der Waals surface area contributed by atoms with Crippen molar-refractivity contribution in [3.05, 3.63) is 0 Å². The average Bonchev–Trinajstić information content (AvgIpc) is 2.10. The third-order valence-corrected chi connectivity index (χ3v) is 2.46. The summed E-state index contributed by atoms with van der Waals surface area (Å²) in [6.07, 6.45) is -7.16. The van der Waals surface area contributed by atoms with Crippen LogP contribution in [0, 0.1) is 0 Å². The van der Waals surface area contributed by atoms with Gasteiger partial charge in [0.25, 0.3) is 10.1 Å². The van der Waals surface area contributed by atoms with Crippen LogP contribution in [0.25, 0.3) is 0 Å². The molecule has 0 aliphatic rings. The molecule has 0 heterocycles. The number of hydrogen-bond donors (Lipinski definition) is 1. The Kier molecular flexibility index (Phi) is 5.89. The van der Waals surface area contributed by atoms with E-state index >= 15 is 0 Å². The Bertz CT molecular complexity index is 349. The molecule has 0 fully saturated rings. The molecule has 0 aromatic heterocycles. The van der Waals surface area contributed by atoms with Crippen molar-refractivity contribution in [1.29, 1.82) is 0 Å². The molecule has 0 spiro atoms. The second kappa shape index (κ2) is 6.20. The standard InChI is InChI=1S/C8H13F3O5S/c1-2-3-4-7(12)16-6(8(9,10)11)5-17(13,14)15/h6H,2-5H2,1H3,(H,13,14,15). The van der Waals surface area contributed by atoms with Gasteiger partial charge in [-0.15, -0.1) is 0 Å². The first kappa shape index (κ1) is 16.2. The van der Waals surface area contributed by atoms with Gasteiger partial charge >= 0.3 is 12.1 Å². The summed E-state index contributed by atoms with van der Waals surface area (Å²) in [6, 6.07) is 0. The Hall–Kier alpha value is -0.830. The second-order valence-corrected chi connectivity index (χ2v) is 4.87. The minimum atomic E-state index is -5.03. The number of esters is 1. The fourth-order valence-electron chi connectivity index (χ4n) is 0.925. The van der Waals surface area contributed by atoms with Gasteiger partial charge in [-0.2, -0.15) is 21.6 Å². The molecule has 0 bridgehead atoms. The fourth-order valence-corrected chi connectivity index (χ4v) is 1.56. The van der Waals surface area contributed by atoms with E-state index in [-0.39, 0.29) is 6.42 Å². The zero-order valence-electron chi connectivity index (χ0n) is 9.03. The van der Waals surface area contributed by atoms with Crippen molar-refractivity contribution < 1.29 is 35.7 Å². The van der Waals surface area contributed by atoms with E-state index in [1.54, 1.807) is 6.92 Å². The lowest BCUT2D eigenvalue weighted by atomic mass is 10.2. The number of hydrogen-bond acceptors (Lipinski definition) is 4. The molecule has 1 N–H and O–H groups in total. The number of ether oxygens (including phenoxy) is 1. The lowest BCUT2D eigenvalue weighted by molar-refractivity contribution is -0.215. The molecule has 0 aromatic carbocycles. The van der Waals surface area contributed by atoms with Gasteiger partial charge in [0.2, 0.25) is 6.10 Å². The summed E-state index contributed by atoms with van der Waals surface area (Å²) >= 11 is 0. The number of carbonyl (C=O) groups excluding carboxylic acids is 1. The third kappa shape index (κ3) is 7.97. The van der Waals surface area contributed by atoms with Gasteiger partial charge in [-0.1, -0.05) is 13.3 Å². The average molecular weight is 278 g/mol. The monoisotopic (exact) mass is 278 g/mol. The molecule has 0 aliphatic heterocycles. The summed E-state index contributed by atoms with van der Waals surface area (Å²) in [5, 5.41) is 0. The topological polar surface area (TPSA) is 80.7 Å². The van der Waals surface area contributed by atoms with E-state index in [0.717, 1.165) is 0 Å². The Morgan fingerprint density at radius 2 is 1.94 bits per heavy atom. The number of carbonyl (C=O) groups is 1. The molecule has 0 aliphatic carbocycles. The quantitative estimate of drug-likeness (QED) is 0.588. The van der Waals surface area contributed by atoms with E-state index in [9.17, 15) is 26.4 Å². The summed E-state index contributed by atoms with van der Waals surface area (Å²) in [5.41, 5.74) is 0. The van der Waals surface area contributed by atoms with Crippen LogP contribution in [0.3, 0.4) is 0 Å². The van der Waals surface area contributed by atoms with Crippen molar-refractivity contribution in [2.45, 2.75) is 38.5 Å². The van der Waals surface area contributed by atoms with E-state index in [0.29, 0.717) is 12.8 Å². The molecule has 0 saturated heterocycles. The Balaban J connectivity index is 4.57. The van der Waals surface area contributed by atoms with E-state index in [4.69, 9.17) is 4.55 Å².